The van der Waals surface area contributed by atoms with Crippen molar-refractivity contribution in [1.82, 2.24) is 0 Å². The Kier molecular flexibility index (Phi) is 3.35. The van der Waals surface area contributed by atoms with Gasteiger partial charge in [-0.05, 0) is 6.07 Å². The minimum absolute atomic E-state index is 0.123. The third-order valence-electron chi connectivity index (χ3n) is 3.16. The number of aliphatic hydroxyl groups excluding tert-OH is 1. The second kappa shape index (κ2) is 5.16. The molecule has 0 aromatic heterocycles. The van der Waals surface area contributed by atoms with Crippen LogP contribution in [0.2, 0.25) is 0 Å². The lowest BCUT2D eigenvalue weighted by atomic mass is 9.84. The molecule has 0 aliphatic heterocycles. The Balaban J connectivity index is 2.18. The van der Waals surface area contributed by atoms with Gasteiger partial charge in [0.2, 0.25) is 0 Å². The summed E-state index contributed by atoms with van der Waals surface area (Å²) in [5.41, 5.74) is 1.46. The van der Waals surface area contributed by atoms with Crippen LogP contribution in [0.1, 0.15) is 31.8 Å². The summed E-state index contributed by atoms with van der Waals surface area (Å²) in [4.78, 5) is 25.0. The molecule has 3 rings (SSSR count). The van der Waals surface area contributed by atoms with Crippen molar-refractivity contribution in [1.29, 1.82) is 0 Å². The van der Waals surface area contributed by atoms with E-state index >= 15 is 0 Å². The molecule has 0 saturated heterocycles. The highest BCUT2D eigenvalue weighted by molar-refractivity contribution is 7.32. The smallest absolute Gasteiger partial charge is 0.198 e. The molecule has 0 heterocycles. The third kappa shape index (κ3) is 1.94. The molecule has 1 unspecified atom stereocenters. The van der Waals surface area contributed by atoms with Gasteiger partial charge in [0.15, 0.2) is 11.6 Å². The van der Waals surface area contributed by atoms with Crippen molar-refractivity contribution in [2.24, 2.45) is 0 Å². The van der Waals surface area contributed by atoms with Crippen molar-refractivity contribution >= 4 is 20.4 Å². The molecule has 1 aliphatic rings. The molecule has 0 fully saturated rings. The van der Waals surface area contributed by atoms with Crippen molar-refractivity contribution in [3.05, 3.63) is 64.7 Å². The fourth-order valence-electron chi connectivity index (χ4n) is 2.31. The number of aliphatic hydroxyl groups is 1. The predicted molar refractivity (Wildman–Crippen MR) is 75.8 cm³/mol. The summed E-state index contributed by atoms with van der Waals surface area (Å²) in [5.74, 6) is -0.0377. The van der Waals surface area contributed by atoms with Gasteiger partial charge in [-0.1, -0.05) is 36.4 Å². The molecule has 100 valence electrons. The molecule has 5 heteroatoms. The van der Waals surface area contributed by atoms with E-state index in [4.69, 9.17) is 9.63 Å². The Morgan fingerprint density at radius 2 is 1.55 bits per heavy atom. The van der Waals surface area contributed by atoms with Crippen molar-refractivity contribution in [2.75, 3.05) is 6.35 Å². The van der Waals surface area contributed by atoms with Crippen LogP contribution in [0.3, 0.4) is 0 Å². The molecule has 20 heavy (non-hydrogen) atoms. The van der Waals surface area contributed by atoms with E-state index in [0.29, 0.717) is 22.4 Å². The zero-order chi connectivity index (χ0) is 14.1. The molecule has 0 radical (unpaired) electrons. The van der Waals surface area contributed by atoms with Gasteiger partial charge in [-0.3, -0.25) is 9.59 Å². The van der Waals surface area contributed by atoms with Crippen LogP contribution in [-0.2, 0) is 0 Å². The van der Waals surface area contributed by atoms with Gasteiger partial charge in [0, 0.05) is 16.7 Å². The molecule has 2 aromatic carbocycles. The third-order valence-corrected chi connectivity index (χ3v) is 3.65. The number of ketones is 2. The lowest BCUT2D eigenvalue weighted by Gasteiger charge is -2.19. The molecule has 1 atom stereocenters. The number of carbonyl (C=O) groups is 2. The number of hydrogen-bond acceptors (Lipinski definition) is 4. The normalized spacial score (nSPS) is 13.4. The number of carbonyl (C=O) groups excluding carboxylic acids is 2. The summed E-state index contributed by atoms with van der Waals surface area (Å²) < 4.78 is 5.39. The summed E-state index contributed by atoms with van der Waals surface area (Å²) in [7, 11) is -0.160. The van der Waals surface area contributed by atoms with Crippen molar-refractivity contribution in [3.63, 3.8) is 0 Å². The molecule has 4 nitrogen and oxygen atoms in total. The average molecular weight is 286 g/mol. The zero-order valence-electron chi connectivity index (χ0n) is 10.4. The Morgan fingerprint density at radius 1 is 0.900 bits per heavy atom. The SMILES string of the molecule is O=C1c2ccccc2C(=O)c2c(OPCO)cccc21. The van der Waals surface area contributed by atoms with E-state index in [0.717, 1.165) is 0 Å². The van der Waals surface area contributed by atoms with Crippen LogP contribution < -0.4 is 4.52 Å². The first-order chi connectivity index (χ1) is 9.74. The first kappa shape index (κ1) is 13.0. The monoisotopic (exact) mass is 286 g/mol. The molecule has 0 saturated carbocycles. The molecular formula is C15H11O4P. The number of rotatable bonds is 3. The summed E-state index contributed by atoms with van der Waals surface area (Å²) in [6.45, 7) is 0. The average Bonchev–Trinajstić information content (AvgIpc) is 2.50. The van der Waals surface area contributed by atoms with Gasteiger partial charge in [0.25, 0.3) is 0 Å². The van der Waals surface area contributed by atoms with Crippen molar-refractivity contribution in [2.45, 2.75) is 0 Å². The zero-order valence-corrected chi connectivity index (χ0v) is 11.4. The quantitative estimate of drug-likeness (QED) is 0.751. The van der Waals surface area contributed by atoms with Gasteiger partial charge in [-0.25, -0.2) is 0 Å². The van der Waals surface area contributed by atoms with Crippen LogP contribution in [0.5, 0.6) is 5.75 Å². The predicted octanol–water partition coefficient (Wildman–Crippen LogP) is 2.38. The van der Waals surface area contributed by atoms with E-state index in [2.05, 4.69) is 0 Å². The summed E-state index contributed by atoms with van der Waals surface area (Å²) in [5, 5.41) is 8.84. The minimum atomic E-state index is -0.214. The van der Waals surface area contributed by atoms with E-state index in [1.54, 1.807) is 42.5 Å². The van der Waals surface area contributed by atoms with E-state index in [1.807, 2.05) is 0 Å². The minimum Gasteiger partial charge on any atom is -0.474 e. The van der Waals surface area contributed by atoms with Gasteiger partial charge in [0.1, 0.15) is 5.75 Å². The highest BCUT2D eigenvalue weighted by atomic mass is 31.1. The van der Waals surface area contributed by atoms with Crippen LogP contribution in [0, 0.1) is 0 Å². The maximum absolute atomic E-state index is 12.5. The maximum atomic E-state index is 12.5. The largest absolute Gasteiger partial charge is 0.474 e. The Labute approximate surface area is 117 Å². The second-order valence-electron chi connectivity index (χ2n) is 4.29. The number of fused-ring (bicyclic) bond motifs is 2. The molecule has 2 aromatic rings. The van der Waals surface area contributed by atoms with Gasteiger partial charge in [-0.15, -0.1) is 0 Å². The molecule has 0 spiro atoms. The van der Waals surface area contributed by atoms with Crippen LogP contribution in [-0.4, -0.2) is 23.0 Å². The fourth-order valence-corrected chi connectivity index (χ4v) is 2.70. The van der Waals surface area contributed by atoms with E-state index in [-0.39, 0.29) is 32.3 Å². The first-order valence-electron chi connectivity index (χ1n) is 6.06. The van der Waals surface area contributed by atoms with E-state index < -0.39 is 0 Å². The fraction of sp³-hybridized carbons (Fsp3) is 0.0667. The van der Waals surface area contributed by atoms with Crippen LogP contribution in [0.25, 0.3) is 0 Å². The summed E-state index contributed by atoms with van der Waals surface area (Å²) in [6.07, 6.45) is -0.123. The Bertz CT molecular complexity index is 709. The molecule has 1 N–H and O–H groups in total. The molecule has 0 bridgehead atoms. The van der Waals surface area contributed by atoms with E-state index in [9.17, 15) is 9.59 Å². The van der Waals surface area contributed by atoms with E-state index in [1.165, 1.54) is 0 Å². The van der Waals surface area contributed by atoms with Crippen LogP contribution >= 0.6 is 8.81 Å². The lowest BCUT2D eigenvalue weighted by molar-refractivity contribution is 0.0977. The van der Waals surface area contributed by atoms with Crippen molar-refractivity contribution < 1.29 is 19.2 Å². The van der Waals surface area contributed by atoms with Crippen LogP contribution in [0.4, 0.5) is 0 Å². The topological polar surface area (TPSA) is 63.6 Å². The number of benzene rings is 2. The maximum Gasteiger partial charge on any atom is 0.198 e. The van der Waals surface area contributed by atoms with Gasteiger partial charge >= 0.3 is 0 Å². The van der Waals surface area contributed by atoms with Gasteiger partial charge in [-0.2, -0.15) is 0 Å². The van der Waals surface area contributed by atoms with Gasteiger partial charge in [0.05, 0.1) is 20.7 Å². The second-order valence-corrected chi connectivity index (χ2v) is 5.10. The molecular weight excluding hydrogens is 275 g/mol. The number of hydrogen-bond donors (Lipinski definition) is 1. The van der Waals surface area contributed by atoms with Crippen LogP contribution in [0.15, 0.2) is 42.5 Å². The Hall–Kier alpha value is -2.03. The highest BCUT2D eigenvalue weighted by Gasteiger charge is 2.31. The standard InChI is InChI=1S/C15H11O4P/c16-8-20-19-12-7-3-6-11-13(12)15(18)10-5-2-1-4-9(10)14(11)17/h1-7,16,20H,8H2. The molecule has 0 amide bonds. The highest BCUT2D eigenvalue weighted by Crippen LogP contribution is 2.35. The summed E-state index contributed by atoms with van der Waals surface area (Å²) in [6, 6.07) is 11.7. The Morgan fingerprint density at radius 3 is 2.25 bits per heavy atom. The lowest BCUT2D eigenvalue weighted by Crippen LogP contribution is -2.21. The molecule has 1 aliphatic carbocycles. The van der Waals surface area contributed by atoms with Crippen molar-refractivity contribution in [3.8, 4) is 5.75 Å². The first-order valence-corrected chi connectivity index (χ1v) is 7.17. The van der Waals surface area contributed by atoms with Gasteiger partial charge < -0.3 is 9.63 Å². The summed E-state index contributed by atoms with van der Waals surface area (Å²) >= 11 is 0.